The van der Waals surface area contributed by atoms with E-state index in [1.807, 2.05) is 19.0 Å². The maximum absolute atomic E-state index is 10.9. The molecule has 104 valence electrons. The molecular formula is C11H16N4O4. The fraction of sp³-hybridized carbons (Fsp3) is 0.455. The van der Waals surface area contributed by atoms with Crippen LogP contribution in [-0.4, -0.2) is 53.1 Å². The molecule has 0 fully saturated rings. The SMILES string of the molecule is CN(C)CCCNc1cc(C(=O)O)c([N+](=O)[O-])cn1. The Hall–Kier alpha value is -2.22. The smallest absolute Gasteiger partial charge is 0.342 e. The quantitative estimate of drug-likeness (QED) is 0.432. The first-order valence-electron chi connectivity index (χ1n) is 5.68. The summed E-state index contributed by atoms with van der Waals surface area (Å²) in [7, 11) is 3.90. The van der Waals surface area contributed by atoms with Crippen molar-refractivity contribution in [2.75, 3.05) is 32.5 Å². The lowest BCUT2D eigenvalue weighted by Crippen LogP contribution is -2.17. The van der Waals surface area contributed by atoms with Crippen LogP contribution in [0.25, 0.3) is 0 Å². The Balaban J connectivity index is 2.73. The predicted molar refractivity (Wildman–Crippen MR) is 69.5 cm³/mol. The van der Waals surface area contributed by atoms with E-state index in [0.29, 0.717) is 12.4 Å². The van der Waals surface area contributed by atoms with Gasteiger partial charge in [0.2, 0.25) is 0 Å². The molecule has 0 aromatic carbocycles. The van der Waals surface area contributed by atoms with Crippen molar-refractivity contribution in [3.63, 3.8) is 0 Å². The summed E-state index contributed by atoms with van der Waals surface area (Å²) in [6.45, 7) is 1.49. The summed E-state index contributed by atoms with van der Waals surface area (Å²) < 4.78 is 0. The van der Waals surface area contributed by atoms with Crippen molar-refractivity contribution in [3.8, 4) is 0 Å². The van der Waals surface area contributed by atoms with E-state index in [0.717, 1.165) is 19.2 Å². The second-order valence-corrected chi connectivity index (χ2v) is 4.23. The van der Waals surface area contributed by atoms with E-state index in [2.05, 4.69) is 10.3 Å². The normalized spacial score (nSPS) is 10.5. The molecule has 1 rings (SSSR count). The number of aromatic nitrogens is 1. The lowest BCUT2D eigenvalue weighted by Gasteiger charge is -2.10. The number of carbonyl (C=O) groups is 1. The molecule has 1 aromatic heterocycles. The van der Waals surface area contributed by atoms with Crippen LogP contribution in [0.5, 0.6) is 0 Å². The summed E-state index contributed by atoms with van der Waals surface area (Å²) in [5, 5.41) is 22.5. The number of anilines is 1. The van der Waals surface area contributed by atoms with Crippen molar-refractivity contribution in [1.29, 1.82) is 0 Å². The van der Waals surface area contributed by atoms with Gasteiger partial charge in [-0.3, -0.25) is 10.1 Å². The van der Waals surface area contributed by atoms with Gasteiger partial charge in [0.05, 0.1) is 4.92 Å². The summed E-state index contributed by atoms with van der Waals surface area (Å²) in [5.74, 6) is -1.02. The van der Waals surface area contributed by atoms with Crippen LogP contribution in [-0.2, 0) is 0 Å². The molecule has 0 saturated heterocycles. The minimum absolute atomic E-state index is 0.321. The first kappa shape index (κ1) is 14.8. The van der Waals surface area contributed by atoms with Gasteiger partial charge in [-0.1, -0.05) is 0 Å². The number of hydrogen-bond acceptors (Lipinski definition) is 6. The molecule has 0 atom stereocenters. The fourth-order valence-electron chi connectivity index (χ4n) is 1.47. The first-order valence-corrected chi connectivity index (χ1v) is 5.68. The Bertz CT molecular complexity index is 476. The maximum Gasteiger partial charge on any atom is 0.342 e. The van der Waals surface area contributed by atoms with Crippen molar-refractivity contribution in [1.82, 2.24) is 9.88 Å². The Kier molecular flexibility index (Phi) is 5.19. The number of nitro groups is 1. The van der Waals surface area contributed by atoms with Crippen LogP contribution >= 0.6 is 0 Å². The van der Waals surface area contributed by atoms with Crippen LogP contribution < -0.4 is 5.32 Å². The molecule has 0 unspecified atom stereocenters. The van der Waals surface area contributed by atoms with E-state index in [1.165, 1.54) is 6.07 Å². The summed E-state index contributed by atoms with van der Waals surface area (Å²) in [6.07, 6.45) is 1.81. The second-order valence-electron chi connectivity index (χ2n) is 4.23. The Labute approximate surface area is 110 Å². The molecule has 2 N–H and O–H groups in total. The number of pyridine rings is 1. The number of hydrogen-bond donors (Lipinski definition) is 2. The predicted octanol–water partition coefficient (Wildman–Crippen LogP) is 1.05. The number of nitrogens with zero attached hydrogens (tertiary/aromatic N) is 3. The highest BCUT2D eigenvalue weighted by molar-refractivity contribution is 5.93. The molecule has 19 heavy (non-hydrogen) atoms. The lowest BCUT2D eigenvalue weighted by molar-refractivity contribution is -0.385. The van der Waals surface area contributed by atoms with Gasteiger partial charge in [-0.05, 0) is 27.1 Å². The molecule has 0 aliphatic rings. The highest BCUT2D eigenvalue weighted by Crippen LogP contribution is 2.20. The molecule has 0 radical (unpaired) electrons. The van der Waals surface area contributed by atoms with Gasteiger partial charge in [-0.2, -0.15) is 0 Å². The van der Waals surface area contributed by atoms with E-state index < -0.39 is 16.6 Å². The lowest BCUT2D eigenvalue weighted by atomic mass is 10.2. The van der Waals surface area contributed by atoms with Crippen molar-refractivity contribution in [3.05, 3.63) is 27.9 Å². The summed E-state index contributed by atoms with van der Waals surface area (Å²) >= 11 is 0. The van der Waals surface area contributed by atoms with E-state index >= 15 is 0 Å². The highest BCUT2D eigenvalue weighted by Gasteiger charge is 2.20. The van der Waals surface area contributed by atoms with Gasteiger partial charge < -0.3 is 15.3 Å². The van der Waals surface area contributed by atoms with Crippen LogP contribution in [0.3, 0.4) is 0 Å². The van der Waals surface area contributed by atoms with Gasteiger partial charge in [0.25, 0.3) is 0 Å². The van der Waals surface area contributed by atoms with Gasteiger partial charge in [0.15, 0.2) is 0 Å². The second kappa shape index (κ2) is 6.64. The number of carboxylic acid groups (broad SMARTS) is 1. The average Bonchev–Trinajstić information content (AvgIpc) is 2.33. The molecule has 0 spiro atoms. The number of rotatable bonds is 7. The minimum atomic E-state index is -1.34. The number of carboxylic acids is 1. The van der Waals surface area contributed by atoms with Crippen LogP contribution in [0.1, 0.15) is 16.8 Å². The monoisotopic (exact) mass is 268 g/mol. The zero-order valence-corrected chi connectivity index (χ0v) is 10.8. The molecular weight excluding hydrogens is 252 g/mol. The Morgan fingerprint density at radius 1 is 1.58 bits per heavy atom. The third-order valence-electron chi connectivity index (χ3n) is 2.40. The Morgan fingerprint density at radius 2 is 2.26 bits per heavy atom. The Morgan fingerprint density at radius 3 is 2.79 bits per heavy atom. The van der Waals surface area contributed by atoms with Crippen LogP contribution in [0.15, 0.2) is 12.3 Å². The van der Waals surface area contributed by atoms with Crippen LogP contribution in [0.4, 0.5) is 11.5 Å². The van der Waals surface area contributed by atoms with Crippen molar-refractivity contribution in [2.45, 2.75) is 6.42 Å². The van der Waals surface area contributed by atoms with Gasteiger partial charge in [0, 0.05) is 12.6 Å². The van der Waals surface area contributed by atoms with Crippen LogP contribution in [0, 0.1) is 10.1 Å². The molecule has 0 bridgehead atoms. The molecule has 8 heteroatoms. The van der Waals surface area contributed by atoms with Crippen molar-refractivity contribution >= 4 is 17.5 Å². The third-order valence-corrected chi connectivity index (χ3v) is 2.40. The molecule has 0 aliphatic heterocycles. The topological polar surface area (TPSA) is 109 Å². The van der Waals surface area contributed by atoms with Gasteiger partial charge in [-0.25, -0.2) is 9.78 Å². The molecule has 0 amide bonds. The zero-order valence-electron chi connectivity index (χ0n) is 10.8. The molecule has 1 heterocycles. The summed E-state index contributed by atoms with van der Waals surface area (Å²) in [5.41, 5.74) is -0.874. The standard InChI is InChI=1S/C11H16N4O4/c1-14(2)5-3-4-12-10-6-8(11(16)17)9(7-13-10)15(18)19/h6-7H,3-5H2,1-2H3,(H,12,13)(H,16,17). The summed E-state index contributed by atoms with van der Waals surface area (Å²) in [4.78, 5) is 26.7. The van der Waals surface area contributed by atoms with Crippen molar-refractivity contribution < 1.29 is 14.8 Å². The number of nitrogens with one attached hydrogen (secondary N) is 1. The number of aromatic carboxylic acids is 1. The molecule has 1 aromatic rings. The average molecular weight is 268 g/mol. The van der Waals surface area contributed by atoms with Gasteiger partial charge >= 0.3 is 11.7 Å². The zero-order chi connectivity index (χ0) is 14.4. The first-order chi connectivity index (χ1) is 8.91. The molecule has 0 saturated carbocycles. The van der Waals surface area contributed by atoms with Crippen molar-refractivity contribution in [2.24, 2.45) is 0 Å². The van der Waals surface area contributed by atoms with E-state index in [1.54, 1.807) is 0 Å². The minimum Gasteiger partial charge on any atom is -0.477 e. The van der Waals surface area contributed by atoms with Gasteiger partial charge in [-0.15, -0.1) is 0 Å². The highest BCUT2D eigenvalue weighted by atomic mass is 16.6. The molecule has 8 nitrogen and oxygen atoms in total. The fourth-order valence-corrected chi connectivity index (χ4v) is 1.47. The van der Waals surface area contributed by atoms with Crippen LogP contribution in [0.2, 0.25) is 0 Å². The summed E-state index contributed by atoms with van der Waals surface area (Å²) in [6, 6.07) is 1.18. The third kappa shape index (κ3) is 4.51. The van der Waals surface area contributed by atoms with E-state index in [9.17, 15) is 14.9 Å². The van der Waals surface area contributed by atoms with E-state index in [-0.39, 0.29) is 5.56 Å². The van der Waals surface area contributed by atoms with E-state index in [4.69, 9.17) is 5.11 Å². The maximum atomic E-state index is 10.9. The molecule has 0 aliphatic carbocycles. The largest absolute Gasteiger partial charge is 0.477 e. The van der Waals surface area contributed by atoms with Gasteiger partial charge in [0.1, 0.15) is 17.6 Å².